The molecule has 1 unspecified atom stereocenters. The van der Waals surface area contributed by atoms with Gasteiger partial charge in [0.25, 0.3) is 0 Å². The largest absolute Gasteiger partial charge is 0.299 e. The second-order valence-corrected chi connectivity index (χ2v) is 9.48. The van der Waals surface area contributed by atoms with Gasteiger partial charge >= 0.3 is 0 Å². The van der Waals surface area contributed by atoms with E-state index in [0.717, 1.165) is 38.9 Å². The molecule has 136 valence electrons. The first-order chi connectivity index (χ1) is 12.0. The zero-order valence-electron chi connectivity index (χ0n) is 15.4. The lowest BCUT2D eigenvalue weighted by molar-refractivity contribution is 0.274. The third-order valence-electron chi connectivity index (χ3n) is 5.62. The van der Waals surface area contributed by atoms with Crippen LogP contribution in [0.5, 0.6) is 0 Å². The summed E-state index contributed by atoms with van der Waals surface area (Å²) in [6.07, 6.45) is 7.10. The summed E-state index contributed by atoms with van der Waals surface area (Å²) >= 11 is 0. The molecule has 3 nitrogen and oxygen atoms in total. The van der Waals surface area contributed by atoms with Crippen molar-refractivity contribution in [3.8, 4) is 0 Å². The van der Waals surface area contributed by atoms with Gasteiger partial charge in [-0.25, -0.2) is 8.42 Å². The molecule has 2 aliphatic rings. The Hall–Kier alpha value is -1.39. The quantitative estimate of drug-likeness (QED) is 0.698. The Morgan fingerprint density at radius 3 is 2.56 bits per heavy atom. The van der Waals surface area contributed by atoms with Crippen LogP contribution in [0.1, 0.15) is 46.0 Å². The van der Waals surface area contributed by atoms with Crippen molar-refractivity contribution in [3.05, 3.63) is 52.5 Å². The van der Waals surface area contributed by atoms with E-state index in [2.05, 4.69) is 18.7 Å². The number of sulfone groups is 1. The van der Waals surface area contributed by atoms with Crippen molar-refractivity contribution in [2.45, 2.75) is 50.8 Å². The predicted octanol–water partition coefficient (Wildman–Crippen LogP) is 4.58. The molecule has 25 heavy (non-hydrogen) atoms. The maximum atomic E-state index is 12.7. The number of allylic oxidation sites excluding steroid dienone is 2. The maximum Gasteiger partial charge on any atom is 0.202 e. The fourth-order valence-electron chi connectivity index (χ4n) is 3.82. The molecule has 0 aromatic heterocycles. The van der Waals surface area contributed by atoms with Gasteiger partial charge in [-0.15, -0.1) is 0 Å². The summed E-state index contributed by atoms with van der Waals surface area (Å²) in [6, 6.07) is 8.81. The smallest absolute Gasteiger partial charge is 0.202 e. The Bertz CT molecular complexity index is 762. The minimum atomic E-state index is -3.29. The molecule has 0 fully saturated rings. The first-order valence-corrected chi connectivity index (χ1v) is 10.8. The van der Waals surface area contributed by atoms with Gasteiger partial charge in [0.15, 0.2) is 0 Å². The molecule has 1 aromatic rings. The van der Waals surface area contributed by atoms with Crippen molar-refractivity contribution in [3.63, 3.8) is 0 Å². The normalized spacial score (nSPS) is 22.3. The molecule has 3 rings (SSSR count). The molecule has 0 radical (unpaired) electrons. The molecule has 1 aliphatic heterocycles. The van der Waals surface area contributed by atoms with Gasteiger partial charge in [-0.1, -0.05) is 35.4 Å². The lowest BCUT2D eigenvalue weighted by atomic mass is 10.0. The van der Waals surface area contributed by atoms with Gasteiger partial charge in [0, 0.05) is 18.0 Å². The molecule has 0 N–H and O–H groups in total. The van der Waals surface area contributed by atoms with Crippen molar-refractivity contribution in [2.75, 3.05) is 19.6 Å². The van der Waals surface area contributed by atoms with E-state index < -0.39 is 9.84 Å². The van der Waals surface area contributed by atoms with Crippen LogP contribution in [0.3, 0.4) is 0 Å². The Kier molecular flexibility index (Phi) is 5.80. The van der Waals surface area contributed by atoms with Crippen LogP contribution in [-0.2, 0) is 9.84 Å². The number of hydrogen-bond donors (Lipinski definition) is 0. The maximum absolute atomic E-state index is 12.7. The van der Waals surface area contributed by atoms with Crippen LogP contribution in [0.4, 0.5) is 0 Å². The van der Waals surface area contributed by atoms with Gasteiger partial charge in [-0.3, -0.25) is 4.90 Å². The lowest BCUT2D eigenvalue weighted by Gasteiger charge is -2.28. The van der Waals surface area contributed by atoms with Crippen molar-refractivity contribution < 1.29 is 8.42 Å². The number of benzene rings is 1. The number of hydrogen-bond acceptors (Lipinski definition) is 3. The van der Waals surface area contributed by atoms with E-state index in [1.165, 1.54) is 12.0 Å². The van der Waals surface area contributed by atoms with Crippen molar-refractivity contribution >= 4 is 9.84 Å². The van der Waals surface area contributed by atoms with Crippen LogP contribution < -0.4 is 0 Å². The van der Waals surface area contributed by atoms with E-state index in [1.807, 2.05) is 12.1 Å². The average molecular weight is 360 g/mol. The van der Waals surface area contributed by atoms with Gasteiger partial charge < -0.3 is 0 Å². The van der Waals surface area contributed by atoms with Crippen molar-refractivity contribution in [2.24, 2.45) is 5.92 Å². The highest BCUT2D eigenvalue weighted by molar-refractivity contribution is 7.95. The Balaban J connectivity index is 1.53. The minimum absolute atomic E-state index is 0.414. The summed E-state index contributed by atoms with van der Waals surface area (Å²) in [4.78, 5) is 3.58. The molecule has 0 saturated carbocycles. The number of rotatable bonds is 6. The van der Waals surface area contributed by atoms with Gasteiger partial charge in [0.05, 0.1) is 4.90 Å². The second kappa shape index (κ2) is 7.88. The lowest BCUT2D eigenvalue weighted by Crippen LogP contribution is -2.31. The molecule has 4 heteroatoms. The molecule has 1 aromatic carbocycles. The minimum Gasteiger partial charge on any atom is -0.299 e. The van der Waals surface area contributed by atoms with Crippen LogP contribution in [0.25, 0.3) is 0 Å². The summed E-state index contributed by atoms with van der Waals surface area (Å²) in [6.45, 7) is 7.86. The summed E-state index contributed by atoms with van der Waals surface area (Å²) in [7, 11) is -3.29. The highest BCUT2D eigenvalue weighted by Crippen LogP contribution is 2.34. The van der Waals surface area contributed by atoms with E-state index >= 15 is 0 Å². The Labute approximate surface area is 152 Å². The SMILES string of the molecule is CC1=C(C)CN(CCCC2C=C(S(=O)(=O)c3ccccc3)CC2)CC1. The average Bonchev–Trinajstić information content (AvgIpc) is 3.09. The van der Waals surface area contributed by atoms with Crippen molar-refractivity contribution in [1.29, 1.82) is 0 Å². The van der Waals surface area contributed by atoms with Crippen LogP contribution >= 0.6 is 0 Å². The zero-order chi connectivity index (χ0) is 17.9. The standard InChI is InChI=1S/C21H29NO2S/c1-17-12-14-22(16-18(17)2)13-6-7-19-10-11-21(15-19)25(23,24)20-8-4-3-5-9-20/h3-5,8-9,15,19H,6-7,10-14,16H2,1-2H3. The van der Waals surface area contributed by atoms with Crippen LogP contribution in [0.15, 0.2) is 57.4 Å². The fraction of sp³-hybridized carbons (Fsp3) is 0.524. The van der Waals surface area contributed by atoms with Crippen molar-refractivity contribution in [1.82, 2.24) is 4.90 Å². The topological polar surface area (TPSA) is 37.4 Å². The molecular weight excluding hydrogens is 330 g/mol. The van der Waals surface area contributed by atoms with E-state index in [0.29, 0.717) is 22.1 Å². The fourth-order valence-corrected chi connectivity index (χ4v) is 5.39. The second-order valence-electron chi connectivity index (χ2n) is 7.48. The Morgan fingerprint density at radius 1 is 1.08 bits per heavy atom. The molecule has 0 bridgehead atoms. The summed E-state index contributed by atoms with van der Waals surface area (Å²) in [5.74, 6) is 0.414. The monoisotopic (exact) mass is 359 g/mol. The van der Waals surface area contributed by atoms with Crippen LogP contribution in [0, 0.1) is 5.92 Å². The number of nitrogens with zero attached hydrogens (tertiary/aromatic N) is 1. The molecule has 1 aliphatic carbocycles. The zero-order valence-corrected chi connectivity index (χ0v) is 16.2. The predicted molar refractivity (Wildman–Crippen MR) is 103 cm³/mol. The highest BCUT2D eigenvalue weighted by Gasteiger charge is 2.26. The molecule has 0 amide bonds. The van der Waals surface area contributed by atoms with E-state index in [4.69, 9.17) is 0 Å². The molecular formula is C21H29NO2S. The van der Waals surface area contributed by atoms with E-state index in [-0.39, 0.29) is 0 Å². The van der Waals surface area contributed by atoms with Crippen LogP contribution in [-0.4, -0.2) is 33.0 Å². The molecule has 1 heterocycles. The third-order valence-corrected chi connectivity index (χ3v) is 7.55. The first kappa shape index (κ1) is 18.4. The first-order valence-electron chi connectivity index (χ1n) is 9.35. The Morgan fingerprint density at radius 2 is 1.84 bits per heavy atom. The van der Waals surface area contributed by atoms with Gasteiger partial charge in [0.1, 0.15) is 0 Å². The van der Waals surface area contributed by atoms with Gasteiger partial charge in [0.2, 0.25) is 9.84 Å². The van der Waals surface area contributed by atoms with Gasteiger partial charge in [-0.2, -0.15) is 0 Å². The van der Waals surface area contributed by atoms with Gasteiger partial charge in [-0.05, 0) is 70.5 Å². The highest BCUT2D eigenvalue weighted by atomic mass is 32.2. The molecule has 1 atom stereocenters. The van der Waals surface area contributed by atoms with Crippen LogP contribution in [0.2, 0.25) is 0 Å². The summed E-state index contributed by atoms with van der Waals surface area (Å²) in [5.41, 5.74) is 3.06. The third kappa shape index (κ3) is 4.42. The van der Waals surface area contributed by atoms with E-state index in [9.17, 15) is 8.42 Å². The summed E-state index contributed by atoms with van der Waals surface area (Å²) < 4.78 is 25.4. The molecule has 0 saturated heterocycles. The molecule has 0 spiro atoms. The summed E-state index contributed by atoms with van der Waals surface area (Å²) in [5, 5.41) is 0. The van der Waals surface area contributed by atoms with E-state index in [1.54, 1.807) is 29.8 Å².